The topological polar surface area (TPSA) is 29.5 Å². The molecule has 4 aromatic carbocycles. The fourth-order valence-corrected chi connectivity index (χ4v) is 5.18. The van der Waals surface area contributed by atoms with Gasteiger partial charge in [0.1, 0.15) is 11.5 Å². The SMILES string of the molecule is CC1CCC(C(C)Oc2ccc3ccccc3c2-c2c(O)ccc3ccccc23)CC1. The minimum Gasteiger partial charge on any atom is -0.507 e. The zero-order valence-electron chi connectivity index (χ0n) is 18.3. The number of aromatic hydroxyl groups is 1. The van der Waals surface area contributed by atoms with Crippen molar-refractivity contribution in [3.05, 3.63) is 72.8 Å². The lowest BCUT2D eigenvalue weighted by atomic mass is 9.80. The van der Waals surface area contributed by atoms with Gasteiger partial charge in [0.15, 0.2) is 0 Å². The highest BCUT2D eigenvalue weighted by Crippen LogP contribution is 2.45. The average molecular weight is 411 g/mol. The van der Waals surface area contributed by atoms with E-state index in [2.05, 4.69) is 62.4 Å². The Hall–Kier alpha value is -3.00. The second kappa shape index (κ2) is 8.26. The molecule has 4 aromatic rings. The van der Waals surface area contributed by atoms with Gasteiger partial charge in [-0.05, 0) is 65.3 Å². The Morgan fingerprint density at radius 2 is 1.32 bits per heavy atom. The summed E-state index contributed by atoms with van der Waals surface area (Å²) in [7, 11) is 0. The van der Waals surface area contributed by atoms with Gasteiger partial charge in [-0.25, -0.2) is 0 Å². The molecular weight excluding hydrogens is 380 g/mol. The second-order valence-electron chi connectivity index (χ2n) is 9.18. The van der Waals surface area contributed by atoms with Crippen molar-refractivity contribution in [3.63, 3.8) is 0 Å². The zero-order chi connectivity index (χ0) is 21.4. The molecule has 5 rings (SSSR count). The highest BCUT2D eigenvalue weighted by molar-refractivity contribution is 6.09. The molecule has 0 spiro atoms. The molecule has 1 aliphatic carbocycles. The van der Waals surface area contributed by atoms with Crippen LogP contribution in [0.2, 0.25) is 0 Å². The molecule has 0 radical (unpaired) electrons. The molecule has 158 valence electrons. The molecule has 0 bridgehead atoms. The van der Waals surface area contributed by atoms with Gasteiger partial charge in [-0.3, -0.25) is 0 Å². The Labute approximate surface area is 184 Å². The molecule has 0 heterocycles. The second-order valence-corrected chi connectivity index (χ2v) is 9.18. The van der Waals surface area contributed by atoms with Crippen molar-refractivity contribution in [2.24, 2.45) is 11.8 Å². The van der Waals surface area contributed by atoms with Gasteiger partial charge in [-0.15, -0.1) is 0 Å². The lowest BCUT2D eigenvalue weighted by Gasteiger charge is -2.31. The molecule has 2 nitrogen and oxygen atoms in total. The largest absolute Gasteiger partial charge is 0.507 e. The average Bonchev–Trinajstić information content (AvgIpc) is 2.80. The molecule has 0 aromatic heterocycles. The van der Waals surface area contributed by atoms with Crippen molar-refractivity contribution in [2.75, 3.05) is 0 Å². The molecule has 0 aliphatic heterocycles. The molecule has 1 unspecified atom stereocenters. The molecule has 1 fully saturated rings. The molecular formula is C29H30O2. The highest BCUT2D eigenvalue weighted by atomic mass is 16.5. The maximum Gasteiger partial charge on any atom is 0.128 e. The summed E-state index contributed by atoms with van der Waals surface area (Å²) in [6.45, 7) is 4.56. The summed E-state index contributed by atoms with van der Waals surface area (Å²) in [5.41, 5.74) is 1.85. The Morgan fingerprint density at radius 1 is 0.742 bits per heavy atom. The normalized spacial score (nSPS) is 20.1. The van der Waals surface area contributed by atoms with Crippen LogP contribution in [0.15, 0.2) is 72.8 Å². The predicted octanol–water partition coefficient (Wildman–Crippen LogP) is 7.96. The van der Waals surface area contributed by atoms with Gasteiger partial charge in [0, 0.05) is 11.1 Å². The highest BCUT2D eigenvalue weighted by Gasteiger charge is 2.26. The van der Waals surface area contributed by atoms with Crippen LogP contribution < -0.4 is 4.74 Å². The third kappa shape index (κ3) is 3.76. The van der Waals surface area contributed by atoms with E-state index >= 15 is 0 Å². The first-order valence-electron chi connectivity index (χ1n) is 11.5. The summed E-state index contributed by atoms with van der Waals surface area (Å²) in [5.74, 6) is 2.56. The maximum atomic E-state index is 11.0. The number of benzene rings is 4. The van der Waals surface area contributed by atoms with Crippen molar-refractivity contribution in [2.45, 2.75) is 45.6 Å². The van der Waals surface area contributed by atoms with Crippen molar-refractivity contribution >= 4 is 21.5 Å². The third-order valence-electron chi connectivity index (χ3n) is 7.09. The zero-order valence-corrected chi connectivity index (χ0v) is 18.3. The summed E-state index contributed by atoms with van der Waals surface area (Å²) in [4.78, 5) is 0. The Kier molecular flexibility index (Phi) is 5.31. The molecule has 2 heteroatoms. The minimum absolute atomic E-state index is 0.143. The van der Waals surface area contributed by atoms with Gasteiger partial charge < -0.3 is 9.84 Å². The first-order chi connectivity index (χ1) is 15.1. The van der Waals surface area contributed by atoms with E-state index in [1.165, 1.54) is 25.7 Å². The number of ether oxygens (including phenoxy) is 1. The van der Waals surface area contributed by atoms with E-state index in [4.69, 9.17) is 4.74 Å². The maximum absolute atomic E-state index is 11.0. The van der Waals surface area contributed by atoms with Crippen LogP contribution in [0.5, 0.6) is 11.5 Å². The summed E-state index contributed by atoms with van der Waals surface area (Å²) >= 11 is 0. The number of fused-ring (bicyclic) bond motifs is 2. The van der Waals surface area contributed by atoms with E-state index in [9.17, 15) is 5.11 Å². The fraction of sp³-hybridized carbons (Fsp3) is 0.310. The van der Waals surface area contributed by atoms with Crippen LogP contribution >= 0.6 is 0 Å². The predicted molar refractivity (Wildman–Crippen MR) is 130 cm³/mol. The first-order valence-corrected chi connectivity index (χ1v) is 11.5. The molecule has 1 N–H and O–H groups in total. The smallest absolute Gasteiger partial charge is 0.128 e. The molecule has 1 saturated carbocycles. The molecule has 31 heavy (non-hydrogen) atoms. The van der Waals surface area contributed by atoms with Gasteiger partial charge in [0.2, 0.25) is 0 Å². The van der Waals surface area contributed by atoms with Crippen molar-refractivity contribution in [1.29, 1.82) is 0 Å². The lowest BCUT2D eigenvalue weighted by Crippen LogP contribution is -2.27. The first kappa shape index (κ1) is 19.9. The summed E-state index contributed by atoms with van der Waals surface area (Å²) in [6.07, 6.45) is 5.17. The number of hydrogen-bond donors (Lipinski definition) is 1. The molecule has 1 atom stereocenters. The molecule has 0 amide bonds. The third-order valence-corrected chi connectivity index (χ3v) is 7.09. The Balaban J connectivity index is 1.66. The van der Waals surface area contributed by atoms with Crippen LogP contribution in [0.25, 0.3) is 32.7 Å². The van der Waals surface area contributed by atoms with Gasteiger partial charge in [-0.1, -0.05) is 80.4 Å². The summed E-state index contributed by atoms with van der Waals surface area (Å²) in [6, 6.07) is 24.6. The molecule has 1 aliphatic rings. The number of phenolic OH excluding ortho intramolecular Hbond substituents is 1. The van der Waals surface area contributed by atoms with Gasteiger partial charge in [0.25, 0.3) is 0 Å². The van der Waals surface area contributed by atoms with Gasteiger partial charge in [0.05, 0.1) is 6.10 Å². The number of hydrogen-bond acceptors (Lipinski definition) is 2. The van der Waals surface area contributed by atoms with E-state index in [0.717, 1.165) is 44.3 Å². The standard InChI is InChI=1S/C29H30O2/c1-19-11-13-21(14-12-19)20(2)31-27-18-16-23-8-4-6-10-25(23)29(27)28-24-9-5-3-7-22(24)15-17-26(28)30/h3-10,15-21,30H,11-14H2,1-2H3. The van der Waals surface area contributed by atoms with Crippen LogP contribution in [0.1, 0.15) is 39.5 Å². The van der Waals surface area contributed by atoms with E-state index in [0.29, 0.717) is 11.7 Å². The Bertz CT molecular complexity index is 1220. The quantitative estimate of drug-likeness (QED) is 0.370. The summed E-state index contributed by atoms with van der Waals surface area (Å²) in [5, 5.41) is 15.4. The van der Waals surface area contributed by atoms with Crippen LogP contribution in [0.3, 0.4) is 0 Å². The van der Waals surface area contributed by atoms with Crippen LogP contribution in [-0.4, -0.2) is 11.2 Å². The lowest BCUT2D eigenvalue weighted by molar-refractivity contribution is 0.112. The molecule has 0 saturated heterocycles. The van der Waals surface area contributed by atoms with E-state index in [1.807, 2.05) is 18.2 Å². The van der Waals surface area contributed by atoms with E-state index in [-0.39, 0.29) is 6.10 Å². The fourth-order valence-electron chi connectivity index (χ4n) is 5.18. The van der Waals surface area contributed by atoms with Crippen LogP contribution in [-0.2, 0) is 0 Å². The van der Waals surface area contributed by atoms with Gasteiger partial charge >= 0.3 is 0 Å². The van der Waals surface area contributed by atoms with Crippen LogP contribution in [0.4, 0.5) is 0 Å². The van der Waals surface area contributed by atoms with Crippen molar-refractivity contribution in [3.8, 4) is 22.6 Å². The Morgan fingerprint density at radius 3 is 2.00 bits per heavy atom. The minimum atomic E-state index is 0.143. The monoisotopic (exact) mass is 410 g/mol. The van der Waals surface area contributed by atoms with Gasteiger partial charge in [-0.2, -0.15) is 0 Å². The number of phenols is 1. The van der Waals surface area contributed by atoms with E-state index in [1.54, 1.807) is 6.07 Å². The van der Waals surface area contributed by atoms with Crippen molar-refractivity contribution < 1.29 is 9.84 Å². The number of rotatable bonds is 4. The van der Waals surface area contributed by atoms with Crippen molar-refractivity contribution in [1.82, 2.24) is 0 Å². The van der Waals surface area contributed by atoms with E-state index < -0.39 is 0 Å². The summed E-state index contributed by atoms with van der Waals surface area (Å²) < 4.78 is 6.68. The van der Waals surface area contributed by atoms with Crippen LogP contribution in [0, 0.1) is 11.8 Å².